The normalized spacial score (nSPS) is 1.14. The summed E-state index contributed by atoms with van der Waals surface area (Å²) in [5.74, 6) is 0. The minimum absolute atomic E-state index is 0. The van der Waals surface area contributed by atoms with Crippen molar-refractivity contribution in [2.45, 2.75) is 0 Å². The molecule has 0 aromatic rings. The summed E-state index contributed by atoms with van der Waals surface area (Å²) in [7, 11) is 0. The average Bonchev–Trinajstić information content (AvgIpc) is 1.50. The summed E-state index contributed by atoms with van der Waals surface area (Å²) >= 11 is 0.111. The van der Waals surface area contributed by atoms with Crippen LogP contribution < -0.4 is 0 Å². The van der Waals surface area contributed by atoms with E-state index in [0.717, 1.165) is 0 Å². The van der Waals surface area contributed by atoms with Crippen LogP contribution in [0.1, 0.15) is 0 Å². The van der Waals surface area contributed by atoms with Crippen molar-refractivity contribution in [3.8, 4) is 0 Å². The Balaban J connectivity index is -0.00000000267. The molecule has 4 N–H and O–H groups in total. The summed E-state index contributed by atoms with van der Waals surface area (Å²) in [6.45, 7) is 0. The van der Waals surface area contributed by atoms with Gasteiger partial charge in [-0.1, -0.05) is 0 Å². The van der Waals surface area contributed by atoms with Gasteiger partial charge in [-0.25, -0.2) is 0 Å². The summed E-state index contributed by atoms with van der Waals surface area (Å²) in [5, 5.41) is 0. The largest absolute Gasteiger partial charge is 0 e. The third-order valence-electron chi connectivity index (χ3n) is 0. The fourth-order valence-electron chi connectivity index (χ4n) is 0. The Morgan fingerprint density at radius 2 is 0.714 bits per heavy atom. The minimum Gasteiger partial charge on any atom is 0 e. The van der Waals surface area contributed by atoms with Crippen LogP contribution >= 0.6 is 0 Å². The molecule has 0 bridgehead atoms. The second-order valence-corrected chi connectivity index (χ2v) is 0. The van der Waals surface area contributed by atoms with Crippen LogP contribution in [-0.2, 0) is 5.37 Å². The van der Waals surface area contributed by atoms with Crippen LogP contribution in [0.25, 0.3) is 0 Å². The first-order chi connectivity index (χ1) is 2.00. The molecule has 0 atom stereocenters. The summed E-state index contributed by atoms with van der Waals surface area (Å²) in [6, 6.07) is 0. The Bertz CT molecular complexity index is 8.90. The summed E-state index contributed by atoms with van der Waals surface area (Å²) in [6.07, 6.45) is 0. The van der Waals surface area contributed by atoms with Crippen molar-refractivity contribution in [1.29, 1.82) is 0 Å². The Kier molecular flexibility index (Phi) is 417. The molecule has 7 heteroatoms. The first kappa shape index (κ1) is 34.7. The van der Waals surface area contributed by atoms with Crippen molar-refractivity contribution in [1.82, 2.24) is 0 Å². The third kappa shape index (κ3) is 62.6. The van der Waals surface area contributed by atoms with Crippen molar-refractivity contribution in [3.63, 3.8) is 0 Å². The first-order valence-electron chi connectivity index (χ1n) is 0.408. The van der Waals surface area contributed by atoms with Crippen LogP contribution in [-0.4, -0.2) is 89.8 Å². The van der Waals surface area contributed by atoms with Crippen molar-refractivity contribution < 1.29 is 16.3 Å². The number of hydrogen-bond donors (Lipinski definition) is 0. The van der Waals surface area contributed by atoms with E-state index in [9.17, 15) is 0 Å². The third-order valence-corrected chi connectivity index (χ3v) is 0. The van der Waals surface area contributed by atoms with Crippen LogP contribution in [0.4, 0.5) is 0 Å². The van der Waals surface area contributed by atoms with Crippen molar-refractivity contribution in [2.75, 3.05) is 0 Å². The monoisotopic (exact) mass is 692 g/mol. The molecule has 0 aliphatic carbocycles. The minimum atomic E-state index is 0. The predicted octanol–water partition coefficient (Wildman–Crippen LogP) is -3.03. The van der Waals surface area contributed by atoms with E-state index in [0.29, 0.717) is 0 Å². The molecule has 0 aliphatic heterocycles. The van der Waals surface area contributed by atoms with Gasteiger partial charge in [0.1, 0.15) is 0 Å². The molecule has 4 nitrogen and oxygen atoms in total. The molecule has 0 unspecified atom stereocenters. The zero-order chi connectivity index (χ0) is 4.00. The quantitative estimate of drug-likeness (QED) is 0.253. The molecule has 0 saturated heterocycles. The standard InChI is InChI=1S/2H2O.2O.3Pb/h2*1H2;;;;;. The van der Waals surface area contributed by atoms with Crippen LogP contribution in [0.15, 0.2) is 0 Å². The summed E-state index contributed by atoms with van der Waals surface area (Å²) in [4.78, 5) is 0. The van der Waals surface area contributed by atoms with E-state index in [-0.39, 0.29) is 89.8 Å². The van der Waals surface area contributed by atoms with Crippen molar-refractivity contribution in [2.24, 2.45) is 0 Å². The molecule has 0 aromatic heterocycles. The molecule has 0 aromatic carbocycles. The molecule has 0 heterocycles. The van der Waals surface area contributed by atoms with E-state index in [1.54, 1.807) is 0 Å². The fourth-order valence-corrected chi connectivity index (χ4v) is 0. The van der Waals surface area contributed by atoms with Gasteiger partial charge in [0.05, 0.1) is 0 Å². The molecular formula is H4O4Pb3. The molecular weight excluding hydrogens is 686 g/mol. The predicted molar refractivity (Wildman–Crippen MR) is 25.9 cm³/mol. The smallest absolute Gasteiger partial charge is 0 e. The van der Waals surface area contributed by atoms with Crippen LogP contribution in [0, 0.1) is 0 Å². The molecule has 40 valence electrons. The van der Waals surface area contributed by atoms with E-state index < -0.39 is 0 Å². The first-order valence-corrected chi connectivity index (χ1v) is 3.58. The zero-order valence-electron chi connectivity index (χ0n) is 3.32. The van der Waals surface area contributed by atoms with Gasteiger partial charge in [0, 0.05) is 27.3 Å². The van der Waals surface area contributed by atoms with Crippen LogP contribution in [0.2, 0.25) is 0 Å². The Morgan fingerprint density at radius 1 is 0.714 bits per heavy atom. The van der Waals surface area contributed by atoms with Crippen molar-refractivity contribution >= 4 is 78.9 Å². The van der Waals surface area contributed by atoms with E-state index in [4.69, 9.17) is 5.37 Å². The molecule has 0 amide bonds. The van der Waals surface area contributed by atoms with Crippen LogP contribution in [0.3, 0.4) is 0 Å². The molecule has 0 saturated carbocycles. The van der Waals surface area contributed by atoms with Gasteiger partial charge in [-0.2, -0.15) is 0 Å². The Labute approximate surface area is 93.5 Å². The van der Waals surface area contributed by atoms with Gasteiger partial charge < -0.3 is 11.0 Å². The summed E-state index contributed by atoms with van der Waals surface area (Å²) in [5.41, 5.74) is 0. The van der Waals surface area contributed by atoms with Gasteiger partial charge in [-0.3, -0.25) is 0 Å². The number of hydrogen-bond acceptors (Lipinski definition) is 2. The molecule has 7 heavy (non-hydrogen) atoms. The van der Waals surface area contributed by atoms with E-state index in [2.05, 4.69) is 0 Å². The second-order valence-electron chi connectivity index (χ2n) is 0. The second kappa shape index (κ2) is 84.2. The van der Waals surface area contributed by atoms with Crippen molar-refractivity contribution in [3.05, 3.63) is 0 Å². The molecule has 0 rings (SSSR count). The maximum atomic E-state index is 8.39. The maximum Gasteiger partial charge on any atom is 0 e. The van der Waals surface area contributed by atoms with Gasteiger partial charge in [0.15, 0.2) is 0 Å². The molecule has 8 radical (unpaired) electrons. The van der Waals surface area contributed by atoms with Crippen LogP contribution in [0.5, 0.6) is 0 Å². The van der Waals surface area contributed by atoms with Gasteiger partial charge in [0.25, 0.3) is 0 Å². The molecule has 0 spiro atoms. The Hall–Kier alpha value is 2.29. The average molecular weight is 690 g/mol. The maximum absolute atomic E-state index is 8.39. The van der Waals surface area contributed by atoms with Gasteiger partial charge in [0.2, 0.25) is 0 Å². The Morgan fingerprint density at radius 3 is 0.714 bits per heavy atom. The number of rotatable bonds is 0. The topological polar surface area (TPSA) is 97.1 Å². The van der Waals surface area contributed by atoms with E-state index >= 15 is 0 Å². The van der Waals surface area contributed by atoms with Gasteiger partial charge in [-0.15, -0.1) is 0 Å². The summed E-state index contributed by atoms with van der Waals surface area (Å²) < 4.78 is 16.8. The van der Waals surface area contributed by atoms with E-state index in [1.807, 2.05) is 0 Å². The molecule has 0 fully saturated rings. The SMILES string of the molecule is O.O.[O]=[Pb].[O]=[Pb].[Pb]. The fraction of sp³-hybridized carbons (Fsp3) is 0. The molecule has 0 aliphatic rings. The zero-order valence-corrected chi connectivity index (χ0v) is 15.0. The van der Waals surface area contributed by atoms with Gasteiger partial charge in [-0.05, 0) is 0 Å². The van der Waals surface area contributed by atoms with E-state index in [1.165, 1.54) is 0 Å². The van der Waals surface area contributed by atoms with Gasteiger partial charge >= 0.3 is 56.9 Å².